The molecule has 25 aromatic rings. The van der Waals surface area contributed by atoms with E-state index in [4.69, 9.17) is 26.0 Å². The lowest BCUT2D eigenvalue weighted by Gasteiger charge is -2.27. The van der Waals surface area contributed by atoms with Gasteiger partial charge < -0.3 is 9.80 Å². The molecule has 1 atom stereocenters. The Hall–Kier alpha value is -17.6. The lowest BCUT2D eigenvalue weighted by atomic mass is 9.82. The monoisotopic (exact) mass is 1810 g/mol. The first kappa shape index (κ1) is 56.6. The molecule has 0 amide bonds. The van der Waals surface area contributed by atoms with Crippen molar-refractivity contribution in [3.63, 3.8) is 0 Å². The van der Waals surface area contributed by atoms with Crippen LogP contribution in [0.3, 0.4) is 0 Å². The van der Waals surface area contributed by atoms with Gasteiger partial charge in [0.15, 0.2) is 0 Å². The fourth-order valence-corrected chi connectivity index (χ4v) is 18.2. The topological polar surface area (TPSA) is 6.48 Å². The zero-order valence-corrected chi connectivity index (χ0v) is 75.4. The number of hydrogen-bond donors (Lipinski definition) is 0. The zero-order valence-electron chi connectivity index (χ0n) is 108. The Balaban J connectivity index is 0.000000147. The minimum absolute atomic E-state index is 0.103. The lowest BCUT2D eigenvalue weighted by molar-refractivity contribution is 0.590. The van der Waals surface area contributed by atoms with E-state index in [1.165, 1.54) is 115 Å². The maximum Gasteiger partial charge on any atom is 0.0636 e. The largest absolute Gasteiger partial charge is 0.310 e. The van der Waals surface area contributed by atoms with Crippen LogP contribution in [-0.4, -0.2) is 0 Å². The van der Waals surface area contributed by atoms with Crippen molar-refractivity contribution in [2.45, 2.75) is 32.1 Å². The molecule has 0 radical (unpaired) electrons. The van der Waals surface area contributed by atoms with Crippen LogP contribution in [0.1, 0.15) is 94.2 Å². The summed E-state index contributed by atoms with van der Waals surface area (Å²) in [7, 11) is 0. The first-order valence-electron chi connectivity index (χ1n) is 62.1. The van der Waals surface area contributed by atoms with Gasteiger partial charge in [-0.1, -0.05) is 475 Å². The molecule has 1 unspecified atom stereocenters. The third-order valence-electron chi connectivity index (χ3n) is 25.3. The van der Waals surface area contributed by atoms with E-state index in [0.717, 1.165) is 34.1 Å². The van der Waals surface area contributed by atoms with E-state index in [1.807, 2.05) is 0 Å². The van der Waals surface area contributed by atoms with Gasteiger partial charge in [0.1, 0.15) is 0 Å². The molecule has 0 spiro atoms. The normalized spacial score (nSPS) is 15.0. The Morgan fingerprint density at radius 2 is 0.496 bits per heavy atom. The van der Waals surface area contributed by atoms with Crippen molar-refractivity contribution in [2.24, 2.45) is 0 Å². The molecule has 0 aliphatic carbocycles. The van der Waals surface area contributed by atoms with E-state index in [1.54, 1.807) is 0 Å². The number of fused-ring (bicyclic) bond motifs is 15. The van der Waals surface area contributed by atoms with E-state index >= 15 is 0 Å². The van der Waals surface area contributed by atoms with Crippen LogP contribution in [-0.2, 0) is 5.41 Å². The van der Waals surface area contributed by atoms with Crippen molar-refractivity contribution in [1.82, 2.24) is 0 Å². The summed E-state index contributed by atoms with van der Waals surface area (Å²) < 4.78 is 296. The number of benzene rings is 25. The van der Waals surface area contributed by atoms with Gasteiger partial charge >= 0.3 is 0 Å². The van der Waals surface area contributed by atoms with Crippen LogP contribution in [0.15, 0.2) is 545 Å². The molecule has 0 saturated heterocycles. The van der Waals surface area contributed by atoms with Crippen LogP contribution >= 0.6 is 0 Å². The van der Waals surface area contributed by atoms with E-state index in [-0.39, 0.29) is 5.41 Å². The number of anilines is 6. The van der Waals surface area contributed by atoms with Crippen LogP contribution in [0.5, 0.6) is 0 Å². The standard InChI is InChI=1S/C49H34.C48H33N.C40H33N/c1-3-10-34(11-4-1)36-18-23-40(24-19-36)49(41-25-20-37(21-26-41)43-16-9-15-42(32-43)35-12-5-2-6-13-35)44-27-22-39-29-30-46-45-17-8-7-14-38(45)28-31-47(46)48(39)33-44;1-3-10-34(11-4-1)36-18-25-42(26-19-36)49(43-27-20-37(21-28-43)41-16-9-15-40(32-41)35-12-5-2-6-13-35)44-29-22-39-24-30-46-45-17-8-7-14-38(45)23-31-47(46)48(39)33-44;1-40(2,3)32-18-23-34(24-19-32)41(33-20-13-29(14-21-33)28-9-5-4-6-10-28)35-22-15-31-17-25-37-36-12-8-7-11-30(36)16-26-38(37)39(31)27-35/h1-33,49H;1-33H;4-27H,1-3H3/i1D,2D,3D,4D,5D,6D,7D,8D,9D,10D,11D,12D,13D,14D,15D,16D,17D,18D,19D,20D,21D,22D,23D,24D,25D,26D,27D,28D,29D,30D,31D,32D,33D;;. The molecule has 658 valence electrons. The third kappa shape index (κ3) is 17.5. The average molecular weight is 1810 g/mol. The van der Waals surface area contributed by atoms with Gasteiger partial charge in [-0.25, -0.2) is 0 Å². The highest BCUT2D eigenvalue weighted by Gasteiger charge is 2.24. The Bertz CT molecular complexity index is 10900. The van der Waals surface area contributed by atoms with Crippen LogP contribution in [0, 0.1) is 0 Å². The van der Waals surface area contributed by atoms with E-state index < -0.39 is 288 Å². The molecule has 0 saturated carbocycles. The van der Waals surface area contributed by atoms with Gasteiger partial charge in [0.05, 0.1) is 45.2 Å². The fraction of sp³-hybridized carbons (Fsp3) is 0.0365. The van der Waals surface area contributed by atoms with Crippen molar-refractivity contribution < 1.29 is 45.2 Å². The van der Waals surface area contributed by atoms with Gasteiger partial charge in [-0.05, 0) is 293 Å². The second-order valence-corrected chi connectivity index (χ2v) is 34.8. The predicted molar refractivity (Wildman–Crippen MR) is 597 cm³/mol. The van der Waals surface area contributed by atoms with Gasteiger partial charge in [-0.15, -0.1) is 0 Å². The quantitative estimate of drug-likeness (QED) is 0.0703. The Kier molecular flexibility index (Phi) is 15.4. The van der Waals surface area contributed by atoms with Crippen LogP contribution in [0.25, 0.3) is 175 Å². The highest BCUT2D eigenvalue weighted by atomic mass is 15.1. The molecule has 139 heavy (non-hydrogen) atoms. The molecule has 0 N–H and O–H groups in total. The van der Waals surface area contributed by atoms with E-state index in [2.05, 4.69) is 376 Å². The van der Waals surface area contributed by atoms with Crippen molar-refractivity contribution in [1.29, 1.82) is 0 Å². The number of hydrogen-bond acceptors (Lipinski definition) is 2. The number of rotatable bonds is 16. The summed E-state index contributed by atoms with van der Waals surface area (Å²) in [5, 5.41) is 11.3. The lowest BCUT2D eigenvalue weighted by Crippen LogP contribution is -2.13. The molecular formula is C137H100N2. The van der Waals surface area contributed by atoms with Crippen molar-refractivity contribution in [2.75, 3.05) is 9.80 Å². The van der Waals surface area contributed by atoms with E-state index in [9.17, 15) is 19.2 Å². The molecular weight excluding hydrogens is 1670 g/mol. The Labute approximate surface area is 859 Å². The summed E-state index contributed by atoms with van der Waals surface area (Å²) in [4.78, 5) is 4.75. The minimum Gasteiger partial charge on any atom is -0.310 e. The molecule has 0 heterocycles. The second kappa shape index (κ2) is 37.7. The minimum atomic E-state index is -2.57. The maximum absolute atomic E-state index is 10.0. The first-order chi connectivity index (χ1) is 82.3. The Morgan fingerprint density at radius 1 is 0.173 bits per heavy atom. The van der Waals surface area contributed by atoms with Gasteiger partial charge in [0.2, 0.25) is 0 Å². The van der Waals surface area contributed by atoms with Crippen molar-refractivity contribution in [3.05, 3.63) is 567 Å². The summed E-state index contributed by atoms with van der Waals surface area (Å²) in [6, 6.07) is 91.3. The van der Waals surface area contributed by atoms with E-state index in [0.29, 0.717) is 0 Å². The van der Waals surface area contributed by atoms with Crippen molar-refractivity contribution in [3.8, 4) is 77.9 Å². The molecule has 2 nitrogen and oxygen atoms in total. The predicted octanol–water partition coefficient (Wildman–Crippen LogP) is 38.5. The summed E-state index contributed by atoms with van der Waals surface area (Å²) in [5.74, 6) is -2.57. The molecule has 0 fully saturated rings. The van der Waals surface area contributed by atoms with Crippen LogP contribution in [0.4, 0.5) is 34.1 Å². The summed E-state index contributed by atoms with van der Waals surface area (Å²) in [5.41, 5.74) is 9.41. The summed E-state index contributed by atoms with van der Waals surface area (Å²) in [6.07, 6.45) is 0. The highest BCUT2D eigenvalue weighted by molar-refractivity contribution is 6.20. The SMILES string of the molecule is CC(C)(C)c1ccc(N(c2ccc(-c3ccccc3)cc2)c2ccc3ccc4c5ccccc5ccc4c3c2)cc1.[2H]c1c([2H])c([2H])c(-c2c([2H])c([2H])c(C(c3c([2H])c([2H])c(-c4c([2H])c([2H])c([2H])c(-c5c([2H])c([2H])c([2H])c([2H])c5[2H])c4[2H])c([2H])c3[2H])c3c([2H])c([2H])c4c([2H])c([2H])c5c6c([2H])c([2H])c([2H])c([2H])c6c([2H])c([2H])c5c4c3[2H])c([2H])c2[2H])c([2H])c1[2H].c1ccc(-c2ccc(N(c3ccc(-c4cccc(-c5ccccc5)c4)cc3)c3ccc4ccc5c6ccccc6ccc5c4c3)cc2)cc1. The summed E-state index contributed by atoms with van der Waals surface area (Å²) in [6.45, 7) is 6.79. The van der Waals surface area contributed by atoms with Crippen LogP contribution in [0.2, 0.25) is 0 Å². The van der Waals surface area contributed by atoms with Gasteiger partial charge in [-0.2, -0.15) is 0 Å². The molecule has 25 rings (SSSR count). The number of nitrogens with zero attached hydrogens (tertiary/aromatic N) is 2. The zero-order chi connectivity index (χ0) is 122. The van der Waals surface area contributed by atoms with Gasteiger partial charge in [0.25, 0.3) is 0 Å². The third-order valence-corrected chi connectivity index (χ3v) is 25.3. The molecule has 25 aromatic carbocycles. The molecule has 2 heteroatoms. The second-order valence-electron chi connectivity index (χ2n) is 34.8. The molecule has 0 aliphatic heterocycles. The molecule has 0 aliphatic rings. The van der Waals surface area contributed by atoms with Gasteiger partial charge in [-0.3, -0.25) is 0 Å². The van der Waals surface area contributed by atoms with Gasteiger partial charge in [0, 0.05) is 40.0 Å². The fourth-order valence-electron chi connectivity index (χ4n) is 18.2. The molecule has 0 aromatic heterocycles. The van der Waals surface area contributed by atoms with Crippen LogP contribution < -0.4 is 9.80 Å². The van der Waals surface area contributed by atoms with Crippen molar-refractivity contribution >= 4 is 131 Å². The summed E-state index contributed by atoms with van der Waals surface area (Å²) >= 11 is 0. The highest BCUT2D eigenvalue weighted by Crippen LogP contribution is 2.46. The smallest absolute Gasteiger partial charge is 0.0636 e. The maximum atomic E-state index is 10.0. The molecule has 0 bridgehead atoms. The Morgan fingerprint density at radius 3 is 0.964 bits per heavy atom. The average Bonchev–Trinajstić information content (AvgIpc) is 0.687. The first-order valence-corrected chi connectivity index (χ1v) is 45.6.